The van der Waals surface area contributed by atoms with Gasteiger partial charge in [0, 0.05) is 5.56 Å². The molecule has 0 saturated carbocycles. The molecule has 57 heavy (non-hydrogen) atoms. The monoisotopic (exact) mass is 787 g/mol. The van der Waals surface area contributed by atoms with Gasteiger partial charge in [-0.2, -0.15) is 0 Å². The van der Waals surface area contributed by atoms with Crippen LogP contribution in [0.15, 0.2) is 122 Å². The van der Waals surface area contributed by atoms with Crippen molar-refractivity contribution in [2.75, 3.05) is 26.1 Å². The number of methoxy groups -OCH3 is 2. The van der Waals surface area contributed by atoms with Gasteiger partial charge in [0.25, 0.3) is 5.91 Å². The van der Waals surface area contributed by atoms with E-state index in [1.807, 2.05) is 84.9 Å². The number of aromatic nitrogens is 4. The zero-order valence-electron chi connectivity index (χ0n) is 33.2. The summed E-state index contributed by atoms with van der Waals surface area (Å²) in [7, 11) is 0.297. The number of rotatable bonds is 12. The van der Waals surface area contributed by atoms with Gasteiger partial charge in [-0.25, -0.2) is 15.0 Å². The van der Waals surface area contributed by atoms with Crippen LogP contribution < -0.4 is 14.8 Å². The highest BCUT2D eigenvalue weighted by atomic mass is 28.3. The second-order valence-electron chi connectivity index (χ2n) is 15.9. The zero-order chi connectivity index (χ0) is 40.6. The Morgan fingerprint density at radius 2 is 1.37 bits per heavy atom. The quantitative estimate of drug-likeness (QED) is 0.0863. The minimum atomic E-state index is -2.94. The minimum Gasteiger partial charge on any atom is -0.497 e. The third kappa shape index (κ3) is 6.89. The summed E-state index contributed by atoms with van der Waals surface area (Å²) in [5.74, 6) is 1.22. The van der Waals surface area contributed by atoms with Gasteiger partial charge >= 0.3 is 0 Å². The summed E-state index contributed by atoms with van der Waals surface area (Å²) in [4.78, 5) is 26.6. The Labute approximate surface area is 333 Å². The van der Waals surface area contributed by atoms with Crippen LogP contribution in [0.25, 0.3) is 11.2 Å². The lowest BCUT2D eigenvalue weighted by atomic mass is 9.80. The zero-order valence-corrected chi connectivity index (χ0v) is 34.2. The number of carbonyl (C=O) groups excluding carboxylic acids is 1. The molecule has 1 fully saturated rings. The maximum Gasteiger partial charge on any atom is 0.256 e. The number of aliphatic hydroxyl groups excluding tert-OH is 1. The number of imidazole rings is 1. The van der Waals surface area contributed by atoms with Crippen molar-refractivity contribution >= 4 is 31.0 Å². The molecule has 7 rings (SSSR count). The summed E-state index contributed by atoms with van der Waals surface area (Å²) < 4.78 is 26.7. The molecule has 296 valence electrons. The van der Waals surface area contributed by atoms with E-state index in [4.69, 9.17) is 18.9 Å². The molecule has 1 aliphatic rings. The number of hydrogen-bond donors (Lipinski definition) is 3. The van der Waals surface area contributed by atoms with Crippen molar-refractivity contribution in [2.24, 2.45) is 0 Å². The fourth-order valence-electron chi connectivity index (χ4n) is 7.63. The van der Waals surface area contributed by atoms with Gasteiger partial charge in [0.1, 0.15) is 40.9 Å². The van der Waals surface area contributed by atoms with Crippen molar-refractivity contribution in [1.82, 2.24) is 19.5 Å². The average Bonchev–Trinajstić information content (AvgIpc) is 3.77. The van der Waals surface area contributed by atoms with Gasteiger partial charge in [-0.05, 0) is 58.1 Å². The highest BCUT2D eigenvalue weighted by molar-refractivity contribution is 6.83. The maximum absolute atomic E-state index is 13.2. The molecule has 3 heterocycles. The van der Waals surface area contributed by atoms with Crippen molar-refractivity contribution in [2.45, 2.75) is 68.2 Å². The molecule has 1 amide bonds. The molecule has 6 aromatic rings. The highest BCUT2D eigenvalue weighted by Gasteiger charge is 2.67. The SMILES string of the molecule is COc1ccc(C(OC[C@H]2O[C@@H](n3cnc4c(NC(=O)c5ccccc5)ncnc43)[C@@](O)([Si](C)(C)C(C)(C)C)[C@@H]2O)(c2ccccc2)c2ccc(OC)cc2)cc1. The Balaban J connectivity index is 1.32. The molecule has 0 spiro atoms. The molecule has 0 radical (unpaired) electrons. The van der Waals surface area contributed by atoms with Gasteiger partial charge in [0.15, 0.2) is 23.2 Å². The van der Waals surface area contributed by atoms with E-state index >= 15 is 0 Å². The summed E-state index contributed by atoms with van der Waals surface area (Å²) in [6.45, 7) is 10.2. The fraction of sp³-hybridized carbons (Fsp3) is 0.318. The van der Waals surface area contributed by atoms with E-state index in [1.54, 1.807) is 43.1 Å². The molecule has 0 bridgehead atoms. The first-order chi connectivity index (χ1) is 27.3. The number of ether oxygens (including phenoxy) is 4. The van der Waals surface area contributed by atoms with Crippen LogP contribution >= 0.6 is 0 Å². The lowest BCUT2D eigenvalue weighted by Crippen LogP contribution is -2.67. The smallest absolute Gasteiger partial charge is 0.256 e. The van der Waals surface area contributed by atoms with Gasteiger partial charge in [0.05, 0.1) is 35.2 Å². The van der Waals surface area contributed by atoms with E-state index in [2.05, 4.69) is 54.1 Å². The molecule has 0 unspecified atom stereocenters. The van der Waals surface area contributed by atoms with E-state index in [0.29, 0.717) is 28.2 Å². The number of fused-ring (bicyclic) bond motifs is 1. The van der Waals surface area contributed by atoms with E-state index in [0.717, 1.165) is 16.7 Å². The molecule has 1 saturated heterocycles. The summed E-state index contributed by atoms with van der Waals surface area (Å²) in [6.07, 6.45) is -0.687. The average molecular weight is 788 g/mol. The number of anilines is 1. The number of carbonyl (C=O) groups is 1. The Morgan fingerprint density at radius 1 is 0.825 bits per heavy atom. The Hall–Kier alpha value is -5.44. The standard InChI is InChI=1S/C44H49N5O7Si/c1-42(2,3)57(6,7)44(52)37(50)35(56-41(44)49-28-47-36-38(45-27-46-39(36)49)48-40(51)29-14-10-8-11-15-29)26-55-43(30-16-12-9-13-17-30,31-18-22-33(53-4)23-19-31)32-20-24-34(54-5)25-21-32/h8-25,27-28,35,37,41,50,52H,26H2,1-7H3,(H,45,46,48,51)/t35-,37-,41-,44+/m1/s1. The van der Waals surface area contributed by atoms with E-state index < -0.39 is 42.4 Å². The summed E-state index contributed by atoms with van der Waals surface area (Å²) in [6, 6.07) is 34.0. The second-order valence-corrected chi connectivity index (χ2v) is 21.4. The molecule has 13 heteroatoms. The molecule has 1 aliphatic heterocycles. The van der Waals surface area contributed by atoms with E-state index in [1.165, 1.54) is 12.7 Å². The Bertz CT molecular complexity index is 2270. The first kappa shape index (κ1) is 39.8. The Morgan fingerprint density at radius 3 is 1.91 bits per heavy atom. The van der Waals surface area contributed by atoms with Crippen LogP contribution in [0.3, 0.4) is 0 Å². The molecular formula is C44H49N5O7Si. The van der Waals surface area contributed by atoms with E-state index in [-0.39, 0.29) is 18.3 Å². The van der Waals surface area contributed by atoms with E-state index in [9.17, 15) is 15.0 Å². The van der Waals surface area contributed by atoms with Crippen LogP contribution in [0, 0.1) is 0 Å². The lowest BCUT2D eigenvalue weighted by molar-refractivity contribution is -0.0960. The first-order valence-corrected chi connectivity index (χ1v) is 21.8. The summed E-state index contributed by atoms with van der Waals surface area (Å²) in [5, 5.41) is 26.4. The number of amides is 1. The van der Waals surface area contributed by atoms with Gasteiger partial charge in [-0.1, -0.05) is 107 Å². The lowest BCUT2D eigenvalue weighted by Gasteiger charge is -2.50. The summed E-state index contributed by atoms with van der Waals surface area (Å²) in [5.41, 5.74) is 2.34. The fourth-order valence-corrected chi connectivity index (χ4v) is 10.6. The van der Waals surface area contributed by atoms with Gasteiger partial charge in [0.2, 0.25) is 0 Å². The van der Waals surface area contributed by atoms with Crippen molar-refractivity contribution in [3.63, 3.8) is 0 Å². The molecule has 4 atom stereocenters. The molecule has 12 nitrogen and oxygen atoms in total. The van der Waals surface area contributed by atoms with Gasteiger partial charge in [-0.15, -0.1) is 0 Å². The van der Waals surface area contributed by atoms with Crippen LogP contribution in [0.1, 0.15) is 54.0 Å². The van der Waals surface area contributed by atoms with Crippen LogP contribution in [0.4, 0.5) is 5.82 Å². The third-order valence-electron chi connectivity index (χ3n) is 11.9. The number of nitrogens with one attached hydrogen (secondary N) is 1. The molecular weight excluding hydrogens is 739 g/mol. The van der Waals surface area contributed by atoms with Crippen molar-refractivity contribution in [3.05, 3.63) is 144 Å². The third-order valence-corrected chi connectivity index (χ3v) is 18.2. The predicted octanol–water partition coefficient (Wildman–Crippen LogP) is 7.14. The van der Waals surface area contributed by atoms with Crippen molar-refractivity contribution in [3.8, 4) is 11.5 Å². The molecule has 0 aliphatic carbocycles. The van der Waals surface area contributed by atoms with Crippen LogP contribution in [-0.2, 0) is 15.1 Å². The topological polar surface area (TPSA) is 150 Å². The number of aliphatic hydroxyl groups is 2. The molecule has 4 aromatic carbocycles. The molecule has 3 N–H and O–H groups in total. The van der Waals surface area contributed by atoms with Crippen LogP contribution in [0.2, 0.25) is 18.1 Å². The number of benzene rings is 4. The number of nitrogens with zero attached hydrogens (tertiary/aromatic N) is 4. The van der Waals surface area contributed by atoms with Crippen molar-refractivity contribution in [1.29, 1.82) is 0 Å². The van der Waals surface area contributed by atoms with Crippen LogP contribution in [-0.4, -0.2) is 82.0 Å². The van der Waals surface area contributed by atoms with Gasteiger partial charge < -0.3 is 34.5 Å². The highest BCUT2D eigenvalue weighted by Crippen LogP contribution is 2.54. The van der Waals surface area contributed by atoms with Crippen LogP contribution in [0.5, 0.6) is 11.5 Å². The van der Waals surface area contributed by atoms with Gasteiger partial charge in [-0.3, -0.25) is 9.36 Å². The maximum atomic E-state index is 13.2. The number of hydrogen-bond acceptors (Lipinski definition) is 10. The second kappa shape index (κ2) is 15.5. The summed E-state index contributed by atoms with van der Waals surface area (Å²) >= 11 is 0. The Kier molecular flexibility index (Phi) is 10.8. The molecule has 2 aromatic heterocycles. The minimum absolute atomic E-state index is 0.123. The first-order valence-electron chi connectivity index (χ1n) is 18.8. The normalized spacial score (nSPS) is 20.1. The predicted molar refractivity (Wildman–Crippen MR) is 220 cm³/mol. The largest absolute Gasteiger partial charge is 0.497 e. The van der Waals surface area contributed by atoms with Crippen molar-refractivity contribution < 1.29 is 34.0 Å².